The molecule has 0 aliphatic heterocycles. The second-order valence-electron chi connectivity index (χ2n) is 7.85. The summed E-state index contributed by atoms with van der Waals surface area (Å²) in [4.78, 5) is 9.86. The molecule has 3 aromatic heterocycles. The van der Waals surface area contributed by atoms with E-state index in [1.165, 1.54) is 0 Å². The predicted octanol–water partition coefficient (Wildman–Crippen LogP) is 5.21. The van der Waals surface area contributed by atoms with Gasteiger partial charge in [0.25, 0.3) is 0 Å². The van der Waals surface area contributed by atoms with Gasteiger partial charge < -0.3 is 15.0 Å². The molecule has 1 atom stereocenters. The summed E-state index contributed by atoms with van der Waals surface area (Å²) in [6.45, 7) is 10.9. The topological polar surface area (TPSA) is 63.0 Å². The van der Waals surface area contributed by atoms with Gasteiger partial charge in [-0.15, -0.1) is 0 Å². The molecule has 0 spiro atoms. The molecule has 5 nitrogen and oxygen atoms in total. The van der Waals surface area contributed by atoms with E-state index in [1.54, 1.807) is 0 Å². The molecule has 5 heteroatoms. The van der Waals surface area contributed by atoms with Crippen LogP contribution in [0.3, 0.4) is 0 Å². The number of pyridine rings is 2. The highest BCUT2D eigenvalue weighted by molar-refractivity contribution is 5.86. The summed E-state index contributed by atoms with van der Waals surface area (Å²) in [5.41, 5.74) is 7.51. The van der Waals surface area contributed by atoms with Crippen molar-refractivity contribution in [2.45, 2.75) is 59.4 Å². The van der Waals surface area contributed by atoms with Gasteiger partial charge in [0, 0.05) is 37.2 Å². The molecule has 0 amide bonds. The monoisotopic (exact) mass is 380 g/mol. The van der Waals surface area contributed by atoms with E-state index < -0.39 is 0 Å². The predicted molar refractivity (Wildman–Crippen MR) is 117 cm³/mol. The van der Waals surface area contributed by atoms with Crippen molar-refractivity contribution in [3.63, 3.8) is 0 Å². The number of aryl methyl sites for hydroxylation is 2. The molecule has 0 saturated carbocycles. The van der Waals surface area contributed by atoms with Crippen molar-refractivity contribution in [1.29, 1.82) is 0 Å². The maximum absolute atomic E-state index is 9.43. The van der Waals surface area contributed by atoms with Gasteiger partial charge in [-0.2, -0.15) is 0 Å². The first-order valence-electron chi connectivity index (χ1n) is 10.2. The second-order valence-corrected chi connectivity index (χ2v) is 7.85. The first-order valence-corrected chi connectivity index (χ1v) is 10.2. The van der Waals surface area contributed by atoms with Gasteiger partial charge in [0.2, 0.25) is 0 Å². The first kappa shape index (κ1) is 20.3. The lowest BCUT2D eigenvalue weighted by molar-refractivity contribution is 0.256. The molecule has 0 saturated heterocycles. The first-order chi connectivity index (χ1) is 13.4. The molecule has 0 aliphatic rings. The van der Waals surface area contributed by atoms with Crippen molar-refractivity contribution in [2.75, 3.05) is 19.0 Å². The zero-order chi connectivity index (χ0) is 20.4. The average molecular weight is 381 g/mol. The quantitative estimate of drug-likeness (QED) is 0.590. The Labute approximate surface area is 167 Å². The zero-order valence-corrected chi connectivity index (χ0v) is 17.9. The maximum Gasteiger partial charge on any atom is 0.135 e. The molecule has 3 aromatic rings. The van der Waals surface area contributed by atoms with Gasteiger partial charge in [-0.1, -0.05) is 20.8 Å². The average Bonchev–Trinajstić information content (AvgIpc) is 3.00. The van der Waals surface area contributed by atoms with Crippen LogP contribution in [0, 0.1) is 13.8 Å². The van der Waals surface area contributed by atoms with Crippen molar-refractivity contribution in [3.8, 4) is 11.3 Å². The van der Waals surface area contributed by atoms with Crippen LogP contribution < -0.4 is 5.32 Å². The number of rotatable bonds is 7. The molecular formula is C23H32N4O. The third-order valence-corrected chi connectivity index (χ3v) is 5.50. The van der Waals surface area contributed by atoms with Crippen LogP contribution >= 0.6 is 0 Å². The lowest BCUT2D eigenvalue weighted by Crippen LogP contribution is -2.09. The smallest absolute Gasteiger partial charge is 0.135 e. The van der Waals surface area contributed by atoms with Crippen LogP contribution in [-0.4, -0.2) is 33.3 Å². The van der Waals surface area contributed by atoms with Crippen molar-refractivity contribution >= 4 is 16.9 Å². The van der Waals surface area contributed by atoms with E-state index in [1.807, 2.05) is 7.05 Å². The van der Waals surface area contributed by atoms with Gasteiger partial charge in [0.05, 0.1) is 16.7 Å². The van der Waals surface area contributed by atoms with Crippen molar-refractivity contribution in [3.05, 3.63) is 41.2 Å². The summed E-state index contributed by atoms with van der Waals surface area (Å²) in [6.07, 6.45) is 3.91. The second kappa shape index (κ2) is 8.31. The summed E-state index contributed by atoms with van der Waals surface area (Å²) in [5.74, 6) is 1.25. The molecule has 150 valence electrons. The van der Waals surface area contributed by atoms with Gasteiger partial charge in [0.1, 0.15) is 5.82 Å². The van der Waals surface area contributed by atoms with Crippen LogP contribution in [0.4, 0.5) is 5.82 Å². The van der Waals surface area contributed by atoms with Crippen molar-refractivity contribution < 1.29 is 5.11 Å². The number of hydrogen-bond acceptors (Lipinski definition) is 4. The normalized spacial score (nSPS) is 12.7. The molecule has 3 rings (SSSR count). The molecule has 0 fully saturated rings. The molecule has 2 N–H and O–H groups in total. The van der Waals surface area contributed by atoms with Crippen LogP contribution in [-0.2, 0) is 0 Å². The minimum absolute atomic E-state index is 0.196. The molecule has 0 aromatic carbocycles. The largest absolute Gasteiger partial charge is 0.396 e. The van der Waals surface area contributed by atoms with Crippen LogP contribution in [0.5, 0.6) is 0 Å². The van der Waals surface area contributed by atoms with Gasteiger partial charge in [-0.25, -0.2) is 9.97 Å². The fourth-order valence-corrected chi connectivity index (χ4v) is 3.87. The zero-order valence-electron chi connectivity index (χ0n) is 17.9. The number of aliphatic hydroxyl groups excluding tert-OH is 1. The van der Waals surface area contributed by atoms with Gasteiger partial charge >= 0.3 is 0 Å². The van der Waals surface area contributed by atoms with Crippen molar-refractivity contribution in [2.24, 2.45) is 0 Å². The fraction of sp³-hybridized carbons (Fsp3) is 0.478. The van der Waals surface area contributed by atoms with E-state index in [0.29, 0.717) is 5.92 Å². The Morgan fingerprint density at radius 2 is 1.89 bits per heavy atom. The Balaban J connectivity index is 2.17. The highest BCUT2D eigenvalue weighted by atomic mass is 16.3. The summed E-state index contributed by atoms with van der Waals surface area (Å²) in [7, 11) is 1.91. The van der Waals surface area contributed by atoms with Gasteiger partial charge in [-0.05, 0) is 61.9 Å². The Morgan fingerprint density at radius 3 is 2.50 bits per heavy atom. The number of hydrogen-bond donors (Lipinski definition) is 2. The maximum atomic E-state index is 9.43. The van der Waals surface area contributed by atoms with Crippen LogP contribution in [0.15, 0.2) is 24.4 Å². The number of nitrogens with one attached hydrogen (secondary N) is 1. The molecule has 0 aliphatic carbocycles. The molecule has 3 heterocycles. The number of aromatic nitrogens is 3. The summed E-state index contributed by atoms with van der Waals surface area (Å²) in [5, 5.41) is 12.7. The number of anilines is 1. The fourth-order valence-electron chi connectivity index (χ4n) is 3.87. The number of aliphatic hydroxyl groups is 1. The van der Waals surface area contributed by atoms with E-state index in [0.717, 1.165) is 57.8 Å². The SMILES string of the molecule is CC[C@H](CCO)n1cc(C)c2nc(-c3ccc(C(C)C)nc3NC)c(C)cc21. The van der Waals surface area contributed by atoms with E-state index in [-0.39, 0.29) is 12.6 Å². The third-order valence-electron chi connectivity index (χ3n) is 5.50. The highest BCUT2D eigenvalue weighted by Gasteiger charge is 2.18. The lowest BCUT2D eigenvalue weighted by Gasteiger charge is -2.18. The van der Waals surface area contributed by atoms with Crippen LogP contribution in [0.2, 0.25) is 0 Å². The van der Waals surface area contributed by atoms with Crippen LogP contribution in [0.25, 0.3) is 22.3 Å². The molecule has 0 bridgehead atoms. The lowest BCUT2D eigenvalue weighted by atomic mass is 10.0. The molecule has 28 heavy (non-hydrogen) atoms. The van der Waals surface area contributed by atoms with E-state index in [4.69, 9.17) is 9.97 Å². The Bertz CT molecular complexity index is 974. The Hall–Kier alpha value is -2.40. The Morgan fingerprint density at radius 1 is 1.14 bits per heavy atom. The standard InChI is InChI=1S/C23H32N4O/c1-7-17(10-11-28)27-13-16(5)22-20(27)12-15(4)21(26-22)18-8-9-19(14(2)3)25-23(18)24-6/h8-9,12-14,17,28H,7,10-11H2,1-6H3,(H,24,25)/t17-/m1/s1. The van der Waals surface area contributed by atoms with Gasteiger partial charge in [0.15, 0.2) is 0 Å². The van der Waals surface area contributed by atoms with E-state index in [9.17, 15) is 5.11 Å². The summed E-state index contributed by atoms with van der Waals surface area (Å²) < 4.78 is 2.28. The molecule has 0 unspecified atom stereocenters. The molecular weight excluding hydrogens is 348 g/mol. The minimum atomic E-state index is 0.196. The van der Waals surface area contributed by atoms with E-state index >= 15 is 0 Å². The van der Waals surface area contributed by atoms with Crippen LogP contribution in [0.1, 0.15) is 62.4 Å². The summed E-state index contributed by atoms with van der Waals surface area (Å²) >= 11 is 0. The Kier molecular flexibility index (Phi) is 6.04. The minimum Gasteiger partial charge on any atom is -0.396 e. The van der Waals surface area contributed by atoms with E-state index in [2.05, 4.69) is 68.9 Å². The molecule has 0 radical (unpaired) electrons. The number of nitrogens with zero attached hydrogens (tertiary/aromatic N) is 3. The number of fused-ring (bicyclic) bond motifs is 1. The van der Waals surface area contributed by atoms with Gasteiger partial charge in [-0.3, -0.25) is 0 Å². The summed E-state index contributed by atoms with van der Waals surface area (Å²) in [6, 6.07) is 6.73. The van der Waals surface area contributed by atoms with Crippen molar-refractivity contribution in [1.82, 2.24) is 14.5 Å². The highest BCUT2D eigenvalue weighted by Crippen LogP contribution is 2.34. The third kappa shape index (κ3) is 3.63.